The van der Waals surface area contributed by atoms with Gasteiger partial charge in [0.15, 0.2) is 18.3 Å². The van der Waals surface area contributed by atoms with Gasteiger partial charge in [-0.15, -0.1) is 0 Å². The molecular weight excluding hydrogens is 285 g/mol. The molecule has 0 saturated carbocycles. The molecule has 19 heavy (non-hydrogen) atoms. The number of fused-ring (bicyclic) bond motifs is 1. The van der Waals surface area contributed by atoms with Gasteiger partial charge in [0.2, 0.25) is 0 Å². The summed E-state index contributed by atoms with van der Waals surface area (Å²) in [5.41, 5.74) is 1.76. The molecule has 8 heteroatoms. The standard InChI is InChI=1S/C11H16ClN5OP/c1-6(18)9(13-2)17-5-14-7-8(12)15-11(19(3)4)16-10(7)17/h5-6,9,13,18H,3H2,1-2,4H3/q+1. The first-order valence-electron chi connectivity index (χ1n) is 5.75. The van der Waals surface area contributed by atoms with E-state index in [2.05, 4.69) is 26.6 Å². The third kappa shape index (κ3) is 2.62. The highest BCUT2D eigenvalue weighted by atomic mass is 35.5. The lowest BCUT2D eigenvalue weighted by Gasteiger charge is -2.20. The summed E-state index contributed by atoms with van der Waals surface area (Å²) in [6.07, 6.45) is 4.64. The van der Waals surface area contributed by atoms with Crippen LogP contribution < -0.4 is 10.9 Å². The van der Waals surface area contributed by atoms with Crippen molar-refractivity contribution in [3.63, 3.8) is 0 Å². The highest BCUT2D eigenvalue weighted by Gasteiger charge is 2.22. The van der Waals surface area contributed by atoms with Gasteiger partial charge in [0, 0.05) is 0 Å². The van der Waals surface area contributed by atoms with Crippen LogP contribution >= 0.6 is 19.1 Å². The van der Waals surface area contributed by atoms with Crippen LogP contribution in [-0.2, 0) is 0 Å². The maximum atomic E-state index is 9.80. The molecule has 0 saturated heterocycles. The van der Waals surface area contributed by atoms with Crippen molar-refractivity contribution in [2.45, 2.75) is 19.2 Å². The van der Waals surface area contributed by atoms with E-state index in [0.29, 0.717) is 21.9 Å². The number of nitrogens with zero attached hydrogens (tertiary/aromatic N) is 4. The Kier molecular flexibility index (Phi) is 4.16. The van der Waals surface area contributed by atoms with Crippen molar-refractivity contribution in [2.75, 3.05) is 13.7 Å². The van der Waals surface area contributed by atoms with Gasteiger partial charge in [-0.25, -0.2) is 4.98 Å². The lowest BCUT2D eigenvalue weighted by Crippen LogP contribution is -2.32. The lowest BCUT2D eigenvalue weighted by molar-refractivity contribution is 0.117. The molecule has 3 atom stereocenters. The van der Waals surface area contributed by atoms with E-state index >= 15 is 0 Å². The summed E-state index contributed by atoms with van der Waals surface area (Å²) in [6.45, 7) is 3.66. The van der Waals surface area contributed by atoms with Gasteiger partial charge < -0.3 is 5.11 Å². The topological polar surface area (TPSA) is 75.9 Å². The van der Waals surface area contributed by atoms with Crippen LogP contribution in [0.25, 0.3) is 11.2 Å². The van der Waals surface area contributed by atoms with Crippen LogP contribution in [0.2, 0.25) is 5.15 Å². The molecule has 6 nitrogen and oxygen atoms in total. The van der Waals surface area contributed by atoms with E-state index in [9.17, 15) is 5.11 Å². The summed E-state index contributed by atoms with van der Waals surface area (Å²) in [4.78, 5) is 12.9. The van der Waals surface area contributed by atoms with Crippen molar-refractivity contribution in [3.05, 3.63) is 11.5 Å². The summed E-state index contributed by atoms with van der Waals surface area (Å²) in [7, 11) is 1.07. The number of imidazole rings is 1. The highest BCUT2D eigenvalue weighted by Crippen LogP contribution is 2.22. The van der Waals surface area contributed by atoms with Gasteiger partial charge >= 0.3 is 5.57 Å². The van der Waals surface area contributed by atoms with Crippen molar-refractivity contribution in [2.24, 2.45) is 0 Å². The summed E-state index contributed by atoms with van der Waals surface area (Å²) >= 11 is 6.12. The van der Waals surface area contributed by atoms with E-state index in [1.165, 1.54) is 0 Å². The minimum atomic E-state index is -0.698. The fourth-order valence-electron chi connectivity index (χ4n) is 1.86. The molecule has 2 N–H and O–H groups in total. The monoisotopic (exact) mass is 300 g/mol. The number of hydrogen-bond acceptors (Lipinski definition) is 5. The predicted octanol–water partition coefficient (Wildman–Crippen LogP) is 0.747. The number of nitrogens with one attached hydrogen (secondary N) is 1. The molecule has 3 unspecified atom stereocenters. The number of halogens is 1. The van der Waals surface area contributed by atoms with Crippen molar-refractivity contribution in [1.29, 1.82) is 0 Å². The molecule has 2 rings (SSSR count). The Bertz CT molecular complexity index is 627. The smallest absolute Gasteiger partial charge is 0.337 e. The number of aliphatic hydroxyl groups is 1. The van der Waals surface area contributed by atoms with Gasteiger partial charge in [0.25, 0.3) is 0 Å². The van der Waals surface area contributed by atoms with Gasteiger partial charge in [0.05, 0.1) is 18.7 Å². The van der Waals surface area contributed by atoms with Gasteiger partial charge in [-0.3, -0.25) is 9.88 Å². The quantitative estimate of drug-likeness (QED) is 0.644. The molecule has 0 aromatic carbocycles. The van der Waals surface area contributed by atoms with Crippen LogP contribution in [0.4, 0.5) is 0 Å². The molecular formula is C11H16ClN5OP+. The SMILES string of the molecule is C=[P+](C)c1nc(Cl)c2ncn(C(NC)C(C)O)c2n1. The van der Waals surface area contributed by atoms with Gasteiger partial charge in [-0.1, -0.05) is 11.6 Å². The van der Waals surface area contributed by atoms with Gasteiger partial charge in [0.1, 0.15) is 18.3 Å². The Balaban J connectivity index is 2.66. The summed E-state index contributed by atoms with van der Waals surface area (Å²) in [5, 5.41) is 13.1. The van der Waals surface area contributed by atoms with Crippen molar-refractivity contribution < 1.29 is 5.11 Å². The van der Waals surface area contributed by atoms with Crippen LogP contribution in [0.3, 0.4) is 0 Å². The fraction of sp³-hybridized carbons (Fsp3) is 0.455. The molecule has 0 bridgehead atoms. The fourth-order valence-corrected chi connectivity index (χ4v) is 2.67. The molecule has 0 spiro atoms. The normalized spacial score (nSPS) is 15.5. The zero-order valence-corrected chi connectivity index (χ0v) is 12.7. The molecule has 0 radical (unpaired) electrons. The second-order valence-corrected chi connectivity index (χ2v) is 6.46. The van der Waals surface area contributed by atoms with Crippen LogP contribution in [0.5, 0.6) is 0 Å². The average molecular weight is 301 g/mol. The molecule has 0 fully saturated rings. The summed E-state index contributed by atoms with van der Waals surface area (Å²) < 4.78 is 1.76. The van der Waals surface area contributed by atoms with Crippen LogP contribution in [0, 0.1) is 0 Å². The Hall–Kier alpha value is -1.07. The largest absolute Gasteiger partial charge is 0.390 e. The van der Waals surface area contributed by atoms with E-state index in [4.69, 9.17) is 11.6 Å². The molecule has 2 aromatic rings. The zero-order valence-electron chi connectivity index (χ0n) is 11.0. The lowest BCUT2D eigenvalue weighted by atomic mass is 10.3. The second kappa shape index (κ2) is 5.51. The predicted molar refractivity (Wildman–Crippen MR) is 79.7 cm³/mol. The second-order valence-electron chi connectivity index (χ2n) is 4.31. The average Bonchev–Trinajstić information content (AvgIpc) is 2.74. The highest BCUT2D eigenvalue weighted by molar-refractivity contribution is 7.62. The maximum absolute atomic E-state index is 9.80. The minimum absolute atomic E-state index is 0.317. The molecule has 0 aliphatic rings. The molecule has 2 aromatic heterocycles. The first-order valence-corrected chi connectivity index (χ1v) is 8.10. The number of hydrogen-bond donors (Lipinski definition) is 2. The van der Waals surface area contributed by atoms with E-state index in [1.54, 1.807) is 24.9 Å². The molecule has 0 amide bonds. The van der Waals surface area contributed by atoms with E-state index < -0.39 is 13.6 Å². The van der Waals surface area contributed by atoms with Crippen LogP contribution in [0.1, 0.15) is 13.1 Å². The third-order valence-electron chi connectivity index (χ3n) is 2.76. The number of rotatable bonds is 4. The molecule has 0 aliphatic heterocycles. The van der Waals surface area contributed by atoms with E-state index in [1.807, 2.05) is 6.66 Å². The van der Waals surface area contributed by atoms with Crippen molar-refractivity contribution in [1.82, 2.24) is 24.8 Å². The van der Waals surface area contributed by atoms with Gasteiger partial charge in [-0.05, 0) is 14.0 Å². The van der Waals surface area contributed by atoms with Crippen molar-refractivity contribution in [3.8, 4) is 0 Å². The van der Waals surface area contributed by atoms with E-state index in [0.717, 1.165) is 0 Å². The first kappa shape index (κ1) is 14.3. The number of aliphatic hydroxyl groups excluding tert-OH is 1. The Labute approximate surface area is 117 Å². The number of likely N-dealkylation sites (N-methyl/N-ethyl adjacent to an activating group) is 1. The number of aromatic nitrogens is 4. The summed E-state index contributed by atoms with van der Waals surface area (Å²) in [6, 6.07) is 0. The minimum Gasteiger partial charge on any atom is -0.390 e. The summed E-state index contributed by atoms with van der Waals surface area (Å²) in [5.74, 6) is 0. The third-order valence-corrected chi connectivity index (χ3v) is 3.91. The van der Waals surface area contributed by atoms with E-state index in [-0.39, 0.29) is 6.17 Å². The van der Waals surface area contributed by atoms with Crippen LogP contribution in [-0.4, -0.2) is 50.7 Å². The Morgan fingerprint density at radius 3 is 2.74 bits per heavy atom. The molecule has 102 valence electrons. The first-order chi connectivity index (χ1) is 8.95. The Morgan fingerprint density at radius 1 is 1.53 bits per heavy atom. The molecule has 2 heterocycles. The van der Waals surface area contributed by atoms with Gasteiger partial charge in [-0.2, -0.15) is 9.97 Å². The zero-order chi connectivity index (χ0) is 14.2. The van der Waals surface area contributed by atoms with Crippen molar-refractivity contribution >= 4 is 42.2 Å². The molecule has 0 aliphatic carbocycles. The van der Waals surface area contributed by atoms with Crippen LogP contribution in [0.15, 0.2) is 6.33 Å². The maximum Gasteiger partial charge on any atom is 0.337 e. The Morgan fingerprint density at radius 2 is 2.21 bits per heavy atom.